The average molecular weight is 311 g/mol. The summed E-state index contributed by atoms with van der Waals surface area (Å²) in [5, 5.41) is 4.93. The second-order valence-electron chi connectivity index (χ2n) is 5.08. The van der Waals surface area contributed by atoms with Gasteiger partial charge in [-0.25, -0.2) is 9.37 Å². The Hall–Kier alpha value is -0.970. The molecule has 2 nitrogen and oxygen atoms in total. The van der Waals surface area contributed by atoms with E-state index in [0.717, 1.165) is 16.4 Å². The molecule has 0 saturated heterocycles. The summed E-state index contributed by atoms with van der Waals surface area (Å²) in [5.41, 5.74) is 0.457. The lowest BCUT2D eigenvalue weighted by Crippen LogP contribution is -2.25. The van der Waals surface area contributed by atoms with Crippen LogP contribution >= 0.6 is 22.9 Å². The van der Waals surface area contributed by atoms with E-state index in [1.807, 2.05) is 0 Å². The molecule has 1 aliphatic carbocycles. The van der Waals surface area contributed by atoms with Gasteiger partial charge in [-0.1, -0.05) is 30.5 Å². The fraction of sp³-hybridized carbons (Fsp3) is 0.400. The summed E-state index contributed by atoms with van der Waals surface area (Å²) in [6.45, 7) is 0.751. The highest BCUT2D eigenvalue weighted by Gasteiger charge is 2.16. The molecule has 0 unspecified atom stereocenters. The van der Waals surface area contributed by atoms with Crippen LogP contribution in [0.3, 0.4) is 0 Å². The Morgan fingerprint density at radius 1 is 1.35 bits per heavy atom. The van der Waals surface area contributed by atoms with Gasteiger partial charge in [0.1, 0.15) is 10.8 Å². The number of hydrogen-bond donors (Lipinski definition) is 1. The molecule has 0 spiro atoms. The zero-order valence-corrected chi connectivity index (χ0v) is 12.6. The molecule has 1 aliphatic rings. The van der Waals surface area contributed by atoms with E-state index in [2.05, 4.69) is 10.3 Å². The number of thiazole rings is 1. The summed E-state index contributed by atoms with van der Waals surface area (Å²) in [5.74, 6) is -0.295. The Morgan fingerprint density at radius 3 is 2.90 bits per heavy atom. The van der Waals surface area contributed by atoms with Crippen molar-refractivity contribution in [3.8, 4) is 10.4 Å². The van der Waals surface area contributed by atoms with Crippen LogP contribution in [-0.2, 0) is 6.54 Å². The average Bonchev–Trinajstić information content (AvgIpc) is 3.07. The third kappa shape index (κ3) is 3.03. The topological polar surface area (TPSA) is 24.9 Å². The van der Waals surface area contributed by atoms with Gasteiger partial charge in [-0.15, -0.1) is 11.3 Å². The van der Waals surface area contributed by atoms with Gasteiger partial charge in [0.15, 0.2) is 0 Å². The molecule has 1 aromatic carbocycles. The number of halogens is 2. The largest absolute Gasteiger partial charge is 0.308 e. The Kier molecular flexibility index (Phi) is 4.34. The predicted octanol–water partition coefficient (Wildman–Crippen LogP) is 4.63. The van der Waals surface area contributed by atoms with Crippen molar-refractivity contribution in [2.24, 2.45) is 0 Å². The van der Waals surface area contributed by atoms with E-state index in [0.29, 0.717) is 16.6 Å². The molecule has 106 valence electrons. The van der Waals surface area contributed by atoms with Crippen LogP contribution in [0.1, 0.15) is 30.7 Å². The van der Waals surface area contributed by atoms with Crippen LogP contribution in [0.25, 0.3) is 10.4 Å². The lowest BCUT2D eigenvalue weighted by atomic mass is 10.2. The first-order valence-corrected chi connectivity index (χ1v) is 8.06. The zero-order chi connectivity index (χ0) is 13.9. The zero-order valence-electron chi connectivity index (χ0n) is 11.0. The van der Waals surface area contributed by atoms with Crippen LogP contribution in [-0.4, -0.2) is 11.0 Å². The molecule has 1 N–H and O–H groups in total. The van der Waals surface area contributed by atoms with Crippen molar-refractivity contribution in [3.05, 3.63) is 40.2 Å². The molecule has 2 aromatic rings. The maximum absolute atomic E-state index is 13.9. The highest BCUT2D eigenvalue weighted by molar-refractivity contribution is 7.15. The summed E-state index contributed by atoms with van der Waals surface area (Å²) < 4.78 is 13.9. The molecule has 0 bridgehead atoms. The Balaban J connectivity index is 1.73. The summed E-state index contributed by atoms with van der Waals surface area (Å²) in [6.07, 6.45) is 6.83. The molecule has 1 saturated carbocycles. The van der Waals surface area contributed by atoms with Gasteiger partial charge < -0.3 is 5.32 Å². The molecule has 20 heavy (non-hydrogen) atoms. The maximum atomic E-state index is 13.9. The Labute approximate surface area is 127 Å². The molecule has 1 heterocycles. The van der Waals surface area contributed by atoms with Gasteiger partial charge in [0, 0.05) is 24.3 Å². The highest BCUT2D eigenvalue weighted by atomic mass is 35.5. The first-order chi connectivity index (χ1) is 9.74. The third-order valence-corrected chi connectivity index (χ3v) is 4.99. The minimum atomic E-state index is -0.295. The number of rotatable bonds is 4. The molecule has 1 aromatic heterocycles. The van der Waals surface area contributed by atoms with Crippen LogP contribution in [0.15, 0.2) is 24.4 Å². The number of nitrogens with one attached hydrogen (secondary N) is 1. The smallest absolute Gasteiger partial charge is 0.133 e. The first-order valence-electron chi connectivity index (χ1n) is 6.86. The minimum absolute atomic E-state index is 0.295. The van der Waals surface area contributed by atoms with Crippen LogP contribution in [0.2, 0.25) is 5.02 Å². The molecule has 3 rings (SSSR count). The van der Waals surface area contributed by atoms with Gasteiger partial charge >= 0.3 is 0 Å². The van der Waals surface area contributed by atoms with Gasteiger partial charge in [0.25, 0.3) is 0 Å². The normalized spacial score (nSPS) is 15.9. The predicted molar refractivity (Wildman–Crippen MR) is 81.6 cm³/mol. The van der Waals surface area contributed by atoms with E-state index in [1.165, 1.54) is 43.1 Å². The van der Waals surface area contributed by atoms with E-state index >= 15 is 0 Å². The molecular formula is C15H16ClFN2S. The SMILES string of the molecule is Fc1cccc(Cl)c1-c1cnc(CNC2CCCC2)s1. The maximum Gasteiger partial charge on any atom is 0.133 e. The minimum Gasteiger partial charge on any atom is -0.308 e. The van der Waals surface area contributed by atoms with Crippen LogP contribution < -0.4 is 5.32 Å². The fourth-order valence-corrected chi connectivity index (χ4v) is 3.85. The molecule has 1 fully saturated rings. The molecule has 0 amide bonds. The molecular weight excluding hydrogens is 295 g/mol. The van der Waals surface area contributed by atoms with Crippen molar-refractivity contribution in [2.75, 3.05) is 0 Å². The van der Waals surface area contributed by atoms with E-state index < -0.39 is 0 Å². The third-order valence-electron chi connectivity index (χ3n) is 3.66. The second-order valence-corrected chi connectivity index (χ2v) is 6.60. The van der Waals surface area contributed by atoms with Gasteiger partial charge in [0.2, 0.25) is 0 Å². The van der Waals surface area contributed by atoms with Crippen molar-refractivity contribution in [2.45, 2.75) is 38.3 Å². The van der Waals surface area contributed by atoms with Crippen molar-refractivity contribution >= 4 is 22.9 Å². The van der Waals surface area contributed by atoms with Crippen molar-refractivity contribution in [3.63, 3.8) is 0 Å². The Bertz CT molecular complexity index is 573. The second kappa shape index (κ2) is 6.20. The van der Waals surface area contributed by atoms with E-state index in [9.17, 15) is 4.39 Å². The lowest BCUT2D eigenvalue weighted by Gasteiger charge is -2.09. The van der Waals surface area contributed by atoms with Gasteiger partial charge in [-0.05, 0) is 25.0 Å². The van der Waals surface area contributed by atoms with Crippen molar-refractivity contribution < 1.29 is 4.39 Å². The van der Waals surface area contributed by atoms with Gasteiger partial charge in [-0.2, -0.15) is 0 Å². The number of benzene rings is 1. The number of aromatic nitrogens is 1. The van der Waals surface area contributed by atoms with E-state index in [4.69, 9.17) is 11.6 Å². The molecule has 0 radical (unpaired) electrons. The van der Waals surface area contributed by atoms with Crippen molar-refractivity contribution in [1.82, 2.24) is 10.3 Å². The van der Waals surface area contributed by atoms with Crippen LogP contribution in [0, 0.1) is 5.82 Å². The lowest BCUT2D eigenvalue weighted by molar-refractivity contribution is 0.523. The van der Waals surface area contributed by atoms with Gasteiger partial charge in [-0.3, -0.25) is 0 Å². The molecule has 5 heteroatoms. The summed E-state index contributed by atoms with van der Waals surface area (Å²) in [6, 6.07) is 5.36. The fourth-order valence-electron chi connectivity index (χ4n) is 2.60. The monoisotopic (exact) mass is 310 g/mol. The molecule has 0 aliphatic heterocycles. The van der Waals surface area contributed by atoms with E-state index in [-0.39, 0.29) is 5.82 Å². The van der Waals surface area contributed by atoms with Gasteiger partial charge in [0.05, 0.1) is 9.90 Å². The summed E-state index contributed by atoms with van der Waals surface area (Å²) in [7, 11) is 0. The summed E-state index contributed by atoms with van der Waals surface area (Å²) >= 11 is 7.58. The molecule has 0 atom stereocenters. The first kappa shape index (κ1) is 14.0. The highest BCUT2D eigenvalue weighted by Crippen LogP contribution is 2.34. The van der Waals surface area contributed by atoms with Crippen LogP contribution in [0.5, 0.6) is 0 Å². The number of nitrogens with zero attached hydrogens (tertiary/aromatic N) is 1. The van der Waals surface area contributed by atoms with Crippen LogP contribution in [0.4, 0.5) is 4.39 Å². The van der Waals surface area contributed by atoms with Crippen molar-refractivity contribution in [1.29, 1.82) is 0 Å². The number of hydrogen-bond acceptors (Lipinski definition) is 3. The van der Waals surface area contributed by atoms with E-state index in [1.54, 1.807) is 18.3 Å². The standard InChI is InChI=1S/C15H16ClFN2S/c16-11-6-3-7-12(17)15(11)13-8-19-14(20-13)9-18-10-4-1-2-5-10/h3,6-8,10,18H,1-2,4-5,9H2. The summed E-state index contributed by atoms with van der Waals surface area (Å²) in [4.78, 5) is 5.15. The quantitative estimate of drug-likeness (QED) is 0.890. The Morgan fingerprint density at radius 2 is 2.15 bits per heavy atom.